The zero-order valence-corrected chi connectivity index (χ0v) is 13.0. The SMILES string of the molecule is CCCOc1ccc(C(C)NCCCS(C)=O)cc1. The van der Waals surface area contributed by atoms with E-state index in [0.29, 0.717) is 6.04 Å². The van der Waals surface area contributed by atoms with Gasteiger partial charge in [-0.15, -0.1) is 0 Å². The van der Waals surface area contributed by atoms with E-state index in [1.807, 2.05) is 12.1 Å². The zero-order valence-electron chi connectivity index (χ0n) is 12.1. The maximum absolute atomic E-state index is 11.0. The molecular weight excluding hydrogens is 258 g/mol. The lowest BCUT2D eigenvalue weighted by atomic mass is 10.1. The van der Waals surface area contributed by atoms with Gasteiger partial charge in [0, 0.05) is 28.9 Å². The highest BCUT2D eigenvalue weighted by Gasteiger charge is 2.04. The molecule has 0 heterocycles. The van der Waals surface area contributed by atoms with Gasteiger partial charge in [0.15, 0.2) is 0 Å². The Morgan fingerprint density at radius 2 is 2.00 bits per heavy atom. The second-order valence-electron chi connectivity index (χ2n) is 4.72. The molecule has 108 valence electrons. The third-order valence-corrected chi connectivity index (χ3v) is 3.78. The largest absolute Gasteiger partial charge is 0.494 e. The van der Waals surface area contributed by atoms with Gasteiger partial charge in [-0.25, -0.2) is 0 Å². The number of hydrogen-bond acceptors (Lipinski definition) is 3. The van der Waals surface area contributed by atoms with Crippen LogP contribution in [0.3, 0.4) is 0 Å². The minimum absolute atomic E-state index is 0.311. The van der Waals surface area contributed by atoms with Crippen LogP contribution in [0.2, 0.25) is 0 Å². The summed E-state index contributed by atoms with van der Waals surface area (Å²) in [6.07, 6.45) is 3.72. The fourth-order valence-corrected chi connectivity index (χ4v) is 2.34. The Morgan fingerprint density at radius 1 is 1.32 bits per heavy atom. The summed E-state index contributed by atoms with van der Waals surface area (Å²) in [5, 5.41) is 3.44. The molecule has 0 fully saturated rings. The van der Waals surface area contributed by atoms with Gasteiger partial charge in [0.25, 0.3) is 0 Å². The first-order chi connectivity index (χ1) is 9.13. The molecule has 1 N–H and O–H groups in total. The normalized spacial score (nSPS) is 14.1. The Hall–Kier alpha value is -0.870. The summed E-state index contributed by atoms with van der Waals surface area (Å²) >= 11 is 0. The van der Waals surface area contributed by atoms with Gasteiger partial charge < -0.3 is 10.1 Å². The average molecular weight is 283 g/mol. The van der Waals surface area contributed by atoms with Crippen LogP contribution in [0, 0.1) is 0 Å². The molecule has 0 bridgehead atoms. The van der Waals surface area contributed by atoms with Gasteiger partial charge in [-0.05, 0) is 44.0 Å². The van der Waals surface area contributed by atoms with Crippen LogP contribution < -0.4 is 10.1 Å². The average Bonchev–Trinajstić information content (AvgIpc) is 2.41. The predicted octanol–water partition coefficient (Wildman–Crippen LogP) is 2.89. The van der Waals surface area contributed by atoms with E-state index in [0.717, 1.165) is 37.5 Å². The first kappa shape index (κ1) is 16.2. The first-order valence-electron chi connectivity index (χ1n) is 6.89. The van der Waals surface area contributed by atoms with Gasteiger partial charge in [0.05, 0.1) is 6.61 Å². The van der Waals surface area contributed by atoms with Gasteiger partial charge in [-0.2, -0.15) is 0 Å². The number of ether oxygens (including phenoxy) is 1. The highest BCUT2D eigenvalue weighted by atomic mass is 32.2. The molecular formula is C15H25NO2S. The van der Waals surface area contributed by atoms with Crippen molar-refractivity contribution >= 4 is 10.8 Å². The van der Waals surface area contributed by atoms with Crippen molar-refractivity contribution in [3.63, 3.8) is 0 Å². The third kappa shape index (κ3) is 6.73. The quantitative estimate of drug-likeness (QED) is 0.708. The molecule has 0 aliphatic carbocycles. The molecule has 3 nitrogen and oxygen atoms in total. The van der Waals surface area contributed by atoms with Crippen molar-refractivity contribution in [3.8, 4) is 5.75 Å². The minimum atomic E-state index is -0.688. The van der Waals surface area contributed by atoms with E-state index < -0.39 is 10.8 Å². The fraction of sp³-hybridized carbons (Fsp3) is 0.600. The Balaban J connectivity index is 2.35. The first-order valence-corrected chi connectivity index (χ1v) is 8.62. The smallest absolute Gasteiger partial charge is 0.119 e. The van der Waals surface area contributed by atoms with Crippen molar-refractivity contribution in [1.82, 2.24) is 5.32 Å². The predicted molar refractivity (Wildman–Crippen MR) is 82.2 cm³/mol. The molecule has 19 heavy (non-hydrogen) atoms. The lowest BCUT2D eigenvalue weighted by Gasteiger charge is -2.14. The van der Waals surface area contributed by atoms with E-state index in [1.54, 1.807) is 6.26 Å². The van der Waals surface area contributed by atoms with E-state index in [-0.39, 0.29) is 0 Å². The summed E-state index contributed by atoms with van der Waals surface area (Å²) in [5.74, 6) is 1.70. The van der Waals surface area contributed by atoms with E-state index in [1.165, 1.54) is 5.56 Å². The van der Waals surface area contributed by atoms with E-state index in [9.17, 15) is 4.21 Å². The van der Waals surface area contributed by atoms with Crippen LogP contribution in [0.25, 0.3) is 0 Å². The number of nitrogens with one attached hydrogen (secondary N) is 1. The maximum atomic E-state index is 11.0. The van der Waals surface area contributed by atoms with Crippen molar-refractivity contribution in [1.29, 1.82) is 0 Å². The van der Waals surface area contributed by atoms with Gasteiger partial charge in [0.1, 0.15) is 5.75 Å². The van der Waals surface area contributed by atoms with Crippen LogP contribution in [0.15, 0.2) is 24.3 Å². The summed E-state index contributed by atoms with van der Waals surface area (Å²) in [7, 11) is -0.688. The Morgan fingerprint density at radius 3 is 2.58 bits per heavy atom. The van der Waals surface area contributed by atoms with E-state index in [2.05, 4.69) is 31.3 Å². The molecule has 0 radical (unpaired) electrons. The van der Waals surface area contributed by atoms with Crippen LogP contribution in [-0.4, -0.2) is 29.4 Å². The Bertz CT molecular complexity index is 378. The number of rotatable bonds is 9. The van der Waals surface area contributed by atoms with Crippen molar-refractivity contribution in [2.45, 2.75) is 32.7 Å². The van der Waals surface area contributed by atoms with Crippen molar-refractivity contribution in [2.24, 2.45) is 0 Å². The Kier molecular flexibility index (Phi) is 7.75. The van der Waals surface area contributed by atoms with E-state index in [4.69, 9.17) is 4.74 Å². The molecule has 1 rings (SSSR count). The maximum Gasteiger partial charge on any atom is 0.119 e. The molecule has 0 aliphatic rings. The van der Waals surface area contributed by atoms with Crippen molar-refractivity contribution in [2.75, 3.05) is 25.2 Å². The second kappa shape index (κ2) is 9.10. The lowest BCUT2D eigenvalue weighted by Crippen LogP contribution is -2.21. The summed E-state index contributed by atoms with van der Waals surface area (Å²) in [6.45, 7) is 5.91. The number of hydrogen-bond donors (Lipinski definition) is 1. The molecule has 4 heteroatoms. The second-order valence-corrected chi connectivity index (χ2v) is 6.28. The molecule has 1 aromatic carbocycles. The Labute approximate surface area is 119 Å². The fourth-order valence-electron chi connectivity index (χ4n) is 1.78. The molecule has 0 aliphatic heterocycles. The summed E-state index contributed by atoms with van der Waals surface area (Å²) in [6, 6.07) is 8.54. The van der Waals surface area contributed by atoms with Gasteiger partial charge in [-0.1, -0.05) is 19.1 Å². The number of benzene rings is 1. The highest BCUT2D eigenvalue weighted by molar-refractivity contribution is 7.84. The molecule has 0 amide bonds. The van der Waals surface area contributed by atoms with Crippen LogP contribution in [0.4, 0.5) is 0 Å². The molecule has 2 unspecified atom stereocenters. The van der Waals surface area contributed by atoms with Crippen LogP contribution in [-0.2, 0) is 10.8 Å². The molecule has 0 saturated heterocycles. The standard InChI is InChI=1S/C15H25NO2S/c1-4-11-18-15-8-6-14(7-9-15)13(2)16-10-5-12-19(3)17/h6-9,13,16H,4-5,10-12H2,1-3H3. The third-order valence-electron chi connectivity index (χ3n) is 2.91. The zero-order chi connectivity index (χ0) is 14.1. The summed E-state index contributed by atoms with van der Waals surface area (Å²) in [5.41, 5.74) is 1.25. The van der Waals surface area contributed by atoms with Crippen molar-refractivity contribution in [3.05, 3.63) is 29.8 Å². The van der Waals surface area contributed by atoms with Crippen LogP contribution in [0.1, 0.15) is 38.3 Å². The van der Waals surface area contributed by atoms with Gasteiger partial charge >= 0.3 is 0 Å². The molecule has 2 atom stereocenters. The molecule has 0 aromatic heterocycles. The van der Waals surface area contributed by atoms with Gasteiger partial charge in [0.2, 0.25) is 0 Å². The topological polar surface area (TPSA) is 38.3 Å². The summed E-state index contributed by atoms with van der Waals surface area (Å²) < 4.78 is 16.5. The summed E-state index contributed by atoms with van der Waals surface area (Å²) in [4.78, 5) is 0. The molecule has 1 aromatic rings. The van der Waals surface area contributed by atoms with Gasteiger partial charge in [-0.3, -0.25) is 4.21 Å². The molecule has 0 saturated carbocycles. The highest BCUT2D eigenvalue weighted by Crippen LogP contribution is 2.17. The van der Waals surface area contributed by atoms with Crippen LogP contribution >= 0.6 is 0 Å². The van der Waals surface area contributed by atoms with E-state index >= 15 is 0 Å². The van der Waals surface area contributed by atoms with Crippen molar-refractivity contribution < 1.29 is 8.95 Å². The van der Waals surface area contributed by atoms with Crippen LogP contribution in [0.5, 0.6) is 5.75 Å². The lowest BCUT2D eigenvalue weighted by molar-refractivity contribution is 0.317. The minimum Gasteiger partial charge on any atom is -0.494 e. The molecule has 0 spiro atoms. The monoisotopic (exact) mass is 283 g/mol.